The third-order valence-corrected chi connectivity index (χ3v) is 2.47. The molecule has 0 spiro atoms. The van der Waals surface area contributed by atoms with E-state index in [0.717, 1.165) is 4.68 Å². The molecule has 0 amide bonds. The van der Waals surface area contributed by atoms with Crippen LogP contribution in [0.15, 0.2) is 12.1 Å². The topological polar surface area (TPSA) is 38.0 Å². The lowest BCUT2D eigenvalue weighted by Gasteiger charge is -2.06. The quantitative estimate of drug-likeness (QED) is 0.780. The largest absolute Gasteiger partial charge is 0.504 e. The molecule has 1 aromatic heterocycles. The summed E-state index contributed by atoms with van der Waals surface area (Å²) in [7, 11) is 0. The first-order valence-corrected chi connectivity index (χ1v) is 4.82. The number of rotatable bonds is 1. The Morgan fingerprint density at radius 3 is 2.18 bits per heavy atom. The first-order valence-electron chi connectivity index (χ1n) is 4.82. The van der Waals surface area contributed by atoms with Crippen LogP contribution in [0.25, 0.3) is 5.69 Å². The average molecular weight is 242 g/mol. The molecule has 0 radical (unpaired) electrons. The summed E-state index contributed by atoms with van der Waals surface area (Å²) in [6, 6.07) is 1.14. The molecule has 2 aromatic rings. The minimum atomic E-state index is -1.27. The molecule has 1 N–H and O–H groups in total. The molecule has 0 aliphatic rings. The van der Waals surface area contributed by atoms with Gasteiger partial charge in [-0.3, -0.25) is 0 Å². The highest BCUT2D eigenvalue weighted by Gasteiger charge is 2.17. The third-order valence-electron chi connectivity index (χ3n) is 2.47. The van der Waals surface area contributed by atoms with Crippen LogP contribution in [0, 0.1) is 31.3 Å². The second kappa shape index (κ2) is 3.80. The maximum atomic E-state index is 13.5. The Balaban J connectivity index is 2.68. The number of nitrogens with zero attached hydrogens (tertiary/aromatic N) is 2. The summed E-state index contributed by atoms with van der Waals surface area (Å²) < 4.78 is 40.3. The van der Waals surface area contributed by atoms with E-state index in [0.29, 0.717) is 12.1 Å². The minimum absolute atomic E-state index is 0.103. The van der Waals surface area contributed by atoms with Gasteiger partial charge in [-0.1, -0.05) is 0 Å². The van der Waals surface area contributed by atoms with Crippen LogP contribution in [0.2, 0.25) is 0 Å². The second-order valence-corrected chi connectivity index (χ2v) is 3.65. The van der Waals surface area contributed by atoms with Gasteiger partial charge in [-0.2, -0.15) is 5.10 Å². The van der Waals surface area contributed by atoms with Crippen molar-refractivity contribution >= 4 is 0 Å². The normalized spacial score (nSPS) is 10.9. The predicted molar refractivity (Wildman–Crippen MR) is 54.6 cm³/mol. The molecule has 0 atom stereocenters. The van der Waals surface area contributed by atoms with E-state index in [1.165, 1.54) is 13.8 Å². The fourth-order valence-corrected chi connectivity index (χ4v) is 1.54. The minimum Gasteiger partial charge on any atom is -0.504 e. The molecule has 1 heterocycles. The number of aromatic hydroxyl groups is 1. The molecule has 0 saturated heterocycles. The molecule has 0 unspecified atom stereocenters. The lowest BCUT2D eigenvalue weighted by atomic mass is 10.2. The van der Waals surface area contributed by atoms with Gasteiger partial charge < -0.3 is 5.11 Å². The van der Waals surface area contributed by atoms with Crippen molar-refractivity contribution in [1.82, 2.24) is 9.78 Å². The summed E-state index contributed by atoms with van der Waals surface area (Å²) in [6.45, 7) is 3.02. The van der Waals surface area contributed by atoms with Gasteiger partial charge in [0.2, 0.25) is 0 Å². The standard InChI is InChI=1S/C11H9F3N2O/c1-5-11(17)6(2)16(15-5)10-4-8(13)7(12)3-9(10)14/h3-4,17H,1-2H3. The van der Waals surface area contributed by atoms with Crippen molar-refractivity contribution in [2.45, 2.75) is 13.8 Å². The van der Waals surface area contributed by atoms with Gasteiger partial charge in [-0.15, -0.1) is 0 Å². The number of hydrogen-bond donors (Lipinski definition) is 1. The molecule has 0 saturated carbocycles. The second-order valence-electron chi connectivity index (χ2n) is 3.65. The molecular weight excluding hydrogens is 233 g/mol. The Labute approximate surface area is 95.1 Å². The first-order chi connectivity index (χ1) is 7.91. The van der Waals surface area contributed by atoms with E-state index in [4.69, 9.17) is 0 Å². The van der Waals surface area contributed by atoms with Gasteiger partial charge in [0.05, 0.1) is 5.69 Å². The van der Waals surface area contributed by atoms with Crippen molar-refractivity contribution in [3.05, 3.63) is 41.0 Å². The zero-order valence-electron chi connectivity index (χ0n) is 9.13. The average Bonchev–Trinajstić information content (AvgIpc) is 2.51. The van der Waals surface area contributed by atoms with Crippen LogP contribution in [-0.2, 0) is 0 Å². The van der Waals surface area contributed by atoms with Gasteiger partial charge in [0.25, 0.3) is 0 Å². The predicted octanol–water partition coefficient (Wildman–Crippen LogP) is 2.61. The molecule has 0 bridgehead atoms. The molecule has 1 aromatic carbocycles. The van der Waals surface area contributed by atoms with Gasteiger partial charge in [0.1, 0.15) is 11.4 Å². The molecule has 17 heavy (non-hydrogen) atoms. The van der Waals surface area contributed by atoms with Gasteiger partial charge in [-0.05, 0) is 13.8 Å². The Hall–Kier alpha value is -1.98. The van der Waals surface area contributed by atoms with Crippen molar-refractivity contribution < 1.29 is 18.3 Å². The smallest absolute Gasteiger partial charge is 0.161 e. The van der Waals surface area contributed by atoms with Crippen LogP contribution in [-0.4, -0.2) is 14.9 Å². The van der Waals surface area contributed by atoms with Crippen LogP contribution < -0.4 is 0 Å². The summed E-state index contributed by atoms with van der Waals surface area (Å²) in [4.78, 5) is 0. The number of hydrogen-bond acceptors (Lipinski definition) is 2. The molecular formula is C11H9F3N2O. The zero-order chi connectivity index (χ0) is 12.7. The maximum Gasteiger partial charge on any atom is 0.161 e. The van der Waals surface area contributed by atoms with Crippen LogP contribution in [0.1, 0.15) is 11.4 Å². The Bertz CT molecular complexity index is 593. The molecule has 6 heteroatoms. The lowest BCUT2D eigenvalue weighted by Crippen LogP contribution is -2.04. The molecule has 0 aliphatic heterocycles. The molecule has 0 aliphatic carbocycles. The summed E-state index contributed by atoms with van der Waals surface area (Å²) in [5.74, 6) is -3.49. The van der Waals surface area contributed by atoms with E-state index in [-0.39, 0.29) is 22.8 Å². The Morgan fingerprint density at radius 2 is 1.65 bits per heavy atom. The maximum absolute atomic E-state index is 13.5. The van der Waals surface area contributed by atoms with Gasteiger partial charge in [0.15, 0.2) is 23.2 Å². The first kappa shape index (κ1) is 11.5. The Morgan fingerprint density at radius 1 is 1.06 bits per heavy atom. The zero-order valence-corrected chi connectivity index (χ0v) is 9.13. The fraction of sp³-hybridized carbons (Fsp3) is 0.182. The van der Waals surface area contributed by atoms with E-state index in [1.54, 1.807) is 0 Å². The van der Waals surface area contributed by atoms with Crippen LogP contribution >= 0.6 is 0 Å². The number of halogens is 3. The summed E-state index contributed by atoms with van der Waals surface area (Å²) in [6.07, 6.45) is 0. The summed E-state index contributed by atoms with van der Waals surface area (Å²) >= 11 is 0. The SMILES string of the molecule is Cc1nn(-c2cc(F)c(F)cc2F)c(C)c1O. The molecule has 90 valence electrons. The van der Waals surface area contributed by atoms with Crippen molar-refractivity contribution in [1.29, 1.82) is 0 Å². The Kier molecular flexibility index (Phi) is 2.57. The van der Waals surface area contributed by atoms with Gasteiger partial charge in [0, 0.05) is 12.1 Å². The van der Waals surface area contributed by atoms with E-state index in [2.05, 4.69) is 5.10 Å². The third kappa shape index (κ3) is 1.75. The van der Waals surface area contributed by atoms with E-state index in [1.807, 2.05) is 0 Å². The highest BCUT2D eigenvalue weighted by Crippen LogP contribution is 2.25. The lowest BCUT2D eigenvalue weighted by molar-refractivity contribution is 0.466. The van der Waals surface area contributed by atoms with Gasteiger partial charge >= 0.3 is 0 Å². The monoisotopic (exact) mass is 242 g/mol. The van der Waals surface area contributed by atoms with Crippen molar-refractivity contribution in [2.24, 2.45) is 0 Å². The summed E-state index contributed by atoms with van der Waals surface area (Å²) in [5.41, 5.74) is 0.295. The number of benzene rings is 1. The van der Waals surface area contributed by atoms with Gasteiger partial charge in [-0.25, -0.2) is 17.9 Å². The number of aromatic nitrogens is 2. The van der Waals surface area contributed by atoms with Crippen molar-refractivity contribution in [3.8, 4) is 11.4 Å². The van der Waals surface area contributed by atoms with Crippen molar-refractivity contribution in [2.75, 3.05) is 0 Å². The molecule has 0 fully saturated rings. The van der Waals surface area contributed by atoms with Crippen molar-refractivity contribution in [3.63, 3.8) is 0 Å². The van der Waals surface area contributed by atoms with E-state index in [9.17, 15) is 18.3 Å². The van der Waals surface area contributed by atoms with E-state index >= 15 is 0 Å². The number of aryl methyl sites for hydroxylation is 1. The fourth-order valence-electron chi connectivity index (χ4n) is 1.54. The van der Waals surface area contributed by atoms with Crippen LogP contribution in [0.5, 0.6) is 5.75 Å². The molecule has 2 rings (SSSR count). The van der Waals surface area contributed by atoms with E-state index < -0.39 is 17.5 Å². The van der Waals surface area contributed by atoms with Crippen LogP contribution in [0.3, 0.4) is 0 Å². The summed E-state index contributed by atoms with van der Waals surface area (Å²) in [5, 5.41) is 13.4. The highest BCUT2D eigenvalue weighted by atomic mass is 19.2. The van der Waals surface area contributed by atoms with Crippen LogP contribution in [0.4, 0.5) is 13.2 Å². The highest BCUT2D eigenvalue weighted by molar-refractivity contribution is 5.41. The molecule has 3 nitrogen and oxygen atoms in total.